The fraction of sp³-hybridized carbons (Fsp3) is 0.833. The van der Waals surface area contributed by atoms with Gasteiger partial charge in [0, 0.05) is 5.75 Å². The molecule has 0 aliphatic heterocycles. The van der Waals surface area contributed by atoms with E-state index < -0.39 is 5.59 Å². The zero-order chi connectivity index (χ0) is 8.20. The third-order valence-electron chi connectivity index (χ3n) is 0.923. The van der Waals surface area contributed by atoms with Gasteiger partial charge in [-0.15, -0.1) is 0 Å². The van der Waals surface area contributed by atoms with Crippen LogP contribution < -0.4 is 0 Å². The molecule has 0 rings (SSSR count). The minimum atomic E-state index is -0.534. The first-order valence-electron chi connectivity index (χ1n) is 3.35. The Bertz CT molecular complexity index is 121. The molecule has 3 heteroatoms. The zero-order valence-corrected chi connectivity index (χ0v) is 6.99. The molecule has 0 aromatic carbocycles. The van der Waals surface area contributed by atoms with E-state index in [1.54, 1.807) is 0 Å². The maximum atomic E-state index is 10.2. The predicted octanol–water partition coefficient (Wildman–Crippen LogP) is 0.616. The van der Waals surface area contributed by atoms with E-state index in [9.17, 15) is 4.79 Å². The van der Waals surface area contributed by atoms with Crippen LogP contribution in [0.3, 0.4) is 0 Å². The molecule has 0 aliphatic rings. The molecule has 0 bridgehead atoms. The van der Waals surface area contributed by atoms with Crippen LogP contribution in [0.25, 0.3) is 0 Å². The summed E-state index contributed by atoms with van der Waals surface area (Å²) in [5, 5.41) is 0. The Morgan fingerprint density at radius 3 is 2.56 bits per heavy atom. The second-order valence-corrected chi connectivity index (χ2v) is 3.81. The molecule has 2 nitrogen and oxygen atoms in total. The number of carbonyl (C=O) groups is 1. The molecule has 0 aromatic rings. The van der Waals surface area contributed by atoms with Gasteiger partial charge < -0.3 is 4.48 Å². The highest BCUT2D eigenvalue weighted by molar-refractivity contribution is 8.11. The Balaban J connectivity index is 3.29. The molecule has 0 aliphatic carbocycles. The van der Waals surface area contributed by atoms with Gasteiger partial charge in [0.05, 0.1) is 27.7 Å². The largest absolute Gasteiger partial charge is 0.330 e. The minimum Gasteiger partial charge on any atom is -0.330 e. The van der Waals surface area contributed by atoms with Gasteiger partial charge in [-0.2, -0.15) is 0 Å². The lowest BCUT2D eigenvalue weighted by Gasteiger charge is -2.22. The van der Waals surface area contributed by atoms with Crippen LogP contribution in [-0.4, -0.2) is 43.5 Å². The molecule has 0 amide bonds. The van der Waals surface area contributed by atoms with E-state index in [0.29, 0.717) is 0 Å². The molecule has 0 fully saturated rings. The van der Waals surface area contributed by atoms with Crippen molar-refractivity contribution in [3.05, 3.63) is 0 Å². The van der Waals surface area contributed by atoms with E-state index >= 15 is 0 Å². The molecular formula is C6H14NOS+. The van der Waals surface area contributed by atoms with Gasteiger partial charge in [-0.3, -0.25) is 4.79 Å². The lowest BCUT2D eigenvalue weighted by molar-refractivity contribution is -0.867. The molecule has 0 unspecified atom stereocenters. The van der Waals surface area contributed by atoms with E-state index in [1.165, 1.54) is 0 Å². The van der Waals surface area contributed by atoms with Crippen molar-refractivity contribution in [1.82, 2.24) is 0 Å². The first kappa shape index (κ1) is 7.09. The van der Waals surface area contributed by atoms with Gasteiger partial charge in [0.25, 0.3) is 0 Å². The Morgan fingerprint density at radius 2 is 2.22 bits per heavy atom. The van der Waals surface area contributed by atoms with Crippen LogP contribution in [0.1, 0.15) is 1.37 Å². The Kier molecular flexibility index (Phi) is 3.08. The van der Waals surface area contributed by atoms with Crippen LogP contribution in [-0.2, 0) is 4.79 Å². The highest BCUT2D eigenvalue weighted by atomic mass is 32.2. The third-order valence-corrected chi connectivity index (χ3v) is 1.43. The summed E-state index contributed by atoms with van der Waals surface area (Å²) in [6, 6.07) is 0. The van der Waals surface area contributed by atoms with Crippen LogP contribution in [0.4, 0.5) is 0 Å². The lowest BCUT2D eigenvalue weighted by Crippen LogP contribution is -2.36. The average Bonchev–Trinajstić information content (AvgIpc) is 1.59. The molecule has 54 valence electrons. The molecule has 0 spiro atoms. The standard InChI is InChI=1S/C6H14NOS/c1-7(2,3)4-5-9-6-8/h6H,4-5H2,1-3H3/q+1/i6D. The molecule has 0 saturated heterocycles. The number of nitrogens with zero attached hydrogens (tertiary/aromatic N) is 1. The first-order chi connectivity index (χ1) is 4.42. The number of rotatable bonds is 3. The highest BCUT2D eigenvalue weighted by Crippen LogP contribution is 1.97. The summed E-state index contributed by atoms with van der Waals surface area (Å²) in [5.74, 6) is 0.742. The van der Waals surface area contributed by atoms with Crippen molar-refractivity contribution in [1.29, 1.82) is 0 Å². The molecule has 0 N–H and O–H groups in total. The molecule has 0 radical (unpaired) electrons. The summed E-state index contributed by atoms with van der Waals surface area (Å²) in [5.41, 5.74) is -0.534. The molecule has 0 aromatic heterocycles. The number of carbonyl (C=O) groups excluding carboxylic acids is 1. The van der Waals surface area contributed by atoms with E-state index in [0.717, 1.165) is 28.5 Å². The number of hydrogen-bond acceptors (Lipinski definition) is 2. The van der Waals surface area contributed by atoms with Crippen molar-refractivity contribution in [2.24, 2.45) is 0 Å². The summed E-state index contributed by atoms with van der Waals surface area (Å²) in [6.07, 6.45) is 0. The van der Waals surface area contributed by atoms with Crippen molar-refractivity contribution in [3.63, 3.8) is 0 Å². The molecule has 9 heavy (non-hydrogen) atoms. The maximum absolute atomic E-state index is 10.2. The zero-order valence-electron chi connectivity index (χ0n) is 7.18. The van der Waals surface area contributed by atoms with Crippen molar-refractivity contribution >= 4 is 17.4 Å². The summed E-state index contributed by atoms with van der Waals surface area (Å²) in [7, 11) is 6.19. The van der Waals surface area contributed by atoms with Crippen LogP contribution >= 0.6 is 11.8 Å². The van der Waals surface area contributed by atoms with Crippen molar-refractivity contribution in [3.8, 4) is 0 Å². The van der Waals surface area contributed by atoms with Gasteiger partial charge in [0.2, 0.25) is 0 Å². The summed E-state index contributed by atoms with van der Waals surface area (Å²) < 4.78 is 7.45. The van der Waals surface area contributed by atoms with Crippen molar-refractivity contribution in [2.45, 2.75) is 0 Å². The normalized spacial score (nSPS) is 13.0. The van der Waals surface area contributed by atoms with E-state index in [4.69, 9.17) is 1.37 Å². The third kappa shape index (κ3) is 7.98. The van der Waals surface area contributed by atoms with Gasteiger partial charge >= 0.3 is 0 Å². The first-order valence-corrected chi connectivity index (χ1v) is 3.84. The predicted molar refractivity (Wildman–Crippen MR) is 42.1 cm³/mol. The second kappa shape index (κ2) is 3.90. The lowest BCUT2D eigenvalue weighted by atomic mass is 10.6. The number of hydrogen-bond donors (Lipinski definition) is 0. The maximum Gasteiger partial charge on any atom is 0.176 e. The van der Waals surface area contributed by atoms with Crippen LogP contribution in [0.15, 0.2) is 0 Å². The fourth-order valence-corrected chi connectivity index (χ4v) is 1.08. The Morgan fingerprint density at radius 1 is 1.67 bits per heavy atom. The summed E-state index contributed by atoms with van der Waals surface area (Å²) in [6.45, 7) is 0.926. The number of thioether (sulfide) groups is 1. The Hall–Kier alpha value is -0.0200. The SMILES string of the molecule is [2H]C(=O)SCC[N+](C)(C)C. The summed E-state index contributed by atoms with van der Waals surface area (Å²) in [4.78, 5) is 10.2. The monoisotopic (exact) mass is 149 g/mol. The van der Waals surface area contributed by atoms with Crippen molar-refractivity contribution in [2.75, 3.05) is 33.4 Å². The van der Waals surface area contributed by atoms with E-state index in [2.05, 4.69) is 21.1 Å². The number of quaternary nitrogens is 1. The van der Waals surface area contributed by atoms with Crippen LogP contribution in [0.5, 0.6) is 0 Å². The van der Waals surface area contributed by atoms with E-state index in [1.807, 2.05) is 0 Å². The van der Waals surface area contributed by atoms with Gasteiger partial charge in [0.15, 0.2) is 5.59 Å². The Labute approximate surface area is 62.2 Å². The highest BCUT2D eigenvalue weighted by Gasteiger charge is 2.04. The van der Waals surface area contributed by atoms with Gasteiger partial charge in [-0.1, -0.05) is 11.8 Å². The van der Waals surface area contributed by atoms with Gasteiger partial charge in [0.1, 0.15) is 1.37 Å². The van der Waals surface area contributed by atoms with Crippen molar-refractivity contribution < 1.29 is 10.6 Å². The fourth-order valence-electron chi connectivity index (χ4n) is 0.361. The van der Waals surface area contributed by atoms with Crippen LogP contribution in [0.2, 0.25) is 0 Å². The summed E-state index contributed by atoms with van der Waals surface area (Å²) >= 11 is 1.07. The molecule has 0 saturated carbocycles. The molecule has 0 heterocycles. The topological polar surface area (TPSA) is 17.1 Å². The average molecular weight is 149 g/mol. The van der Waals surface area contributed by atoms with E-state index in [-0.39, 0.29) is 0 Å². The van der Waals surface area contributed by atoms with Crippen LogP contribution in [0, 0.1) is 0 Å². The van der Waals surface area contributed by atoms with Gasteiger partial charge in [-0.05, 0) is 0 Å². The van der Waals surface area contributed by atoms with Gasteiger partial charge in [-0.25, -0.2) is 0 Å². The molecular weight excluding hydrogens is 134 g/mol. The smallest absolute Gasteiger partial charge is 0.176 e. The quantitative estimate of drug-likeness (QED) is 0.432. The molecule has 0 atom stereocenters. The minimum absolute atomic E-state index is 0.534. The second-order valence-electron chi connectivity index (χ2n) is 2.95.